The lowest BCUT2D eigenvalue weighted by atomic mass is 9.97. The van der Waals surface area contributed by atoms with E-state index in [0.717, 1.165) is 23.4 Å². The topological polar surface area (TPSA) is 111 Å². The summed E-state index contributed by atoms with van der Waals surface area (Å²) in [6.07, 6.45) is 6.77. The van der Waals surface area contributed by atoms with Crippen LogP contribution in [0.25, 0.3) is 17.3 Å². The number of anilines is 1. The summed E-state index contributed by atoms with van der Waals surface area (Å²) in [6, 6.07) is 5.87. The van der Waals surface area contributed by atoms with Gasteiger partial charge in [-0.3, -0.25) is 4.79 Å². The van der Waals surface area contributed by atoms with Crippen molar-refractivity contribution in [2.75, 3.05) is 24.2 Å². The van der Waals surface area contributed by atoms with E-state index in [1.807, 2.05) is 39.8 Å². The number of rotatable bonds is 11. The Balaban J connectivity index is 2.00. The zero-order chi connectivity index (χ0) is 29.7. The second kappa shape index (κ2) is 13.2. The largest absolute Gasteiger partial charge is 0.356 e. The maximum Gasteiger partial charge on any atom is 0.239 e. The fourth-order valence-corrected chi connectivity index (χ4v) is 4.85. The van der Waals surface area contributed by atoms with Crippen LogP contribution in [-0.2, 0) is 24.3 Å². The van der Waals surface area contributed by atoms with Crippen LogP contribution in [0.1, 0.15) is 77.5 Å². The monoisotopic (exact) mass is 576 g/mol. The van der Waals surface area contributed by atoms with Crippen molar-refractivity contribution in [3.63, 3.8) is 0 Å². The number of nitrogens with zero attached hydrogens (tertiary/aromatic N) is 3. The van der Waals surface area contributed by atoms with Gasteiger partial charge in [0.25, 0.3) is 0 Å². The van der Waals surface area contributed by atoms with Gasteiger partial charge < -0.3 is 14.8 Å². The molecule has 2 aromatic rings. The molecule has 1 fully saturated rings. The van der Waals surface area contributed by atoms with Crippen molar-refractivity contribution in [1.82, 2.24) is 15.3 Å². The number of unbranched alkanes of at least 4 members (excludes halogenated alkanes) is 1. The minimum absolute atomic E-state index is 0.0280. The smallest absolute Gasteiger partial charge is 0.239 e. The Kier molecular flexibility index (Phi) is 10.4. The number of benzene rings is 1. The first-order chi connectivity index (χ1) is 18.7. The van der Waals surface area contributed by atoms with Gasteiger partial charge in [0.2, 0.25) is 21.9 Å². The molecular formula is C29H41FN4O5S. The van der Waals surface area contributed by atoms with E-state index in [4.69, 9.17) is 9.47 Å². The van der Waals surface area contributed by atoms with Gasteiger partial charge in [0.1, 0.15) is 5.82 Å². The number of nitrogens with one attached hydrogen (secondary N) is 1. The molecule has 0 aliphatic carbocycles. The van der Waals surface area contributed by atoms with Crippen LogP contribution in [0.2, 0.25) is 0 Å². The number of carbonyl (C=O) groups is 1. The Hall–Kier alpha value is -2.89. The van der Waals surface area contributed by atoms with E-state index in [0.29, 0.717) is 35.5 Å². The van der Waals surface area contributed by atoms with E-state index in [9.17, 15) is 17.6 Å². The summed E-state index contributed by atoms with van der Waals surface area (Å²) in [5.41, 5.74) is 2.39. The summed E-state index contributed by atoms with van der Waals surface area (Å²) in [7, 11) is -2.22. The summed E-state index contributed by atoms with van der Waals surface area (Å²) < 4.78 is 51.6. The van der Waals surface area contributed by atoms with E-state index in [1.54, 1.807) is 12.1 Å². The van der Waals surface area contributed by atoms with Gasteiger partial charge in [-0.25, -0.2) is 27.1 Å². The number of carbonyl (C=O) groups excluding carboxylic acids is 1. The maximum atomic E-state index is 13.8. The van der Waals surface area contributed by atoms with Crippen LogP contribution in [0.3, 0.4) is 0 Å². The molecule has 0 saturated carbocycles. The highest BCUT2D eigenvalue weighted by atomic mass is 32.2. The minimum Gasteiger partial charge on any atom is -0.356 e. The third-order valence-electron chi connectivity index (χ3n) is 6.53. The van der Waals surface area contributed by atoms with Crippen LogP contribution >= 0.6 is 0 Å². The lowest BCUT2D eigenvalue weighted by Crippen LogP contribution is -2.45. The van der Waals surface area contributed by atoms with Crippen LogP contribution in [-0.4, -0.2) is 62.1 Å². The first kappa shape index (κ1) is 31.6. The van der Waals surface area contributed by atoms with E-state index in [2.05, 4.69) is 22.2 Å². The molecule has 1 amide bonds. The molecular weight excluding hydrogens is 535 g/mol. The van der Waals surface area contributed by atoms with E-state index < -0.39 is 21.6 Å². The number of amides is 1. The Morgan fingerprint density at radius 3 is 2.50 bits per heavy atom. The molecule has 3 rings (SSSR count). The SMILES string of the molecule is CCCCNC(=O)C[C@H]1C[C@@H](C=Cc2c(-c3ccc(F)cc3)nc(N(C)S(C)(=O)=O)nc2C(C)C)OC(C)(C)O1. The van der Waals surface area contributed by atoms with Crippen LogP contribution in [0.5, 0.6) is 0 Å². The quantitative estimate of drug-likeness (QED) is 0.374. The second-order valence-electron chi connectivity index (χ2n) is 10.9. The average molecular weight is 577 g/mol. The molecule has 0 bridgehead atoms. The van der Waals surface area contributed by atoms with E-state index in [-0.39, 0.29) is 36.4 Å². The molecule has 1 aromatic heterocycles. The highest BCUT2D eigenvalue weighted by Crippen LogP contribution is 2.33. The Labute approximate surface area is 237 Å². The van der Waals surface area contributed by atoms with Gasteiger partial charge in [-0.15, -0.1) is 0 Å². The van der Waals surface area contributed by atoms with E-state index >= 15 is 0 Å². The number of hydrogen-bond donors (Lipinski definition) is 1. The highest BCUT2D eigenvalue weighted by Gasteiger charge is 2.35. The first-order valence-corrected chi connectivity index (χ1v) is 15.5. The Bertz CT molecular complexity index is 1310. The summed E-state index contributed by atoms with van der Waals surface area (Å²) >= 11 is 0. The van der Waals surface area contributed by atoms with Crippen molar-refractivity contribution >= 4 is 28.0 Å². The molecule has 0 unspecified atom stereocenters. The number of halogens is 1. The van der Waals surface area contributed by atoms with E-state index in [1.165, 1.54) is 19.2 Å². The molecule has 1 aliphatic rings. The van der Waals surface area contributed by atoms with Crippen LogP contribution in [0, 0.1) is 5.82 Å². The van der Waals surface area contributed by atoms with Crippen molar-refractivity contribution in [1.29, 1.82) is 0 Å². The Morgan fingerprint density at radius 1 is 1.23 bits per heavy atom. The van der Waals surface area contributed by atoms with Gasteiger partial charge in [0.05, 0.1) is 36.3 Å². The third kappa shape index (κ3) is 8.55. The Morgan fingerprint density at radius 2 is 1.90 bits per heavy atom. The standard InChI is InChI=1S/C29H41FN4O5S/c1-8-9-16-31-25(35)18-23-17-22(38-29(4,5)39-23)14-15-24-26(19(2)3)32-28(34(6)40(7,36)37)33-27(24)20-10-12-21(30)13-11-20/h10-15,19,22-23H,8-9,16-18H2,1-7H3,(H,31,35)/t22-,23-/m1/s1. The van der Waals surface area contributed by atoms with Crippen molar-refractivity contribution in [2.45, 2.75) is 84.2 Å². The van der Waals surface area contributed by atoms with Crippen molar-refractivity contribution < 1.29 is 27.1 Å². The molecule has 0 radical (unpaired) electrons. The summed E-state index contributed by atoms with van der Waals surface area (Å²) in [4.78, 5) is 21.7. The second-order valence-corrected chi connectivity index (χ2v) is 12.9. The minimum atomic E-state index is -3.62. The lowest BCUT2D eigenvalue weighted by molar-refractivity contribution is -0.289. The van der Waals surface area contributed by atoms with Crippen molar-refractivity contribution in [3.8, 4) is 11.3 Å². The molecule has 9 nitrogen and oxygen atoms in total. The lowest BCUT2D eigenvalue weighted by Gasteiger charge is -2.39. The molecule has 1 N–H and O–H groups in total. The van der Waals surface area contributed by atoms with Crippen LogP contribution in [0.15, 0.2) is 30.3 Å². The fourth-order valence-electron chi connectivity index (χ4n) is 4.47. The molecule has 0 spiro atoms. The zero-order valence-electron chi connectivity index (χ0n) is 24.4. The summed E-state index contributed by atoms with van der Waals surface area (Å²) in [5, 5.41) is 2.94. The molecule has 40 heavy (non-hydrogen) atoms. The van der Waals surface area contributed by atoms with Gasteiger partial charge in [0.15, 0.2) is 5.79 Å². The normalized spacial score (nSPS) is 19.2. The molecule has 220 valence electrons. The summed E-state index contributed by atoms with van der Waals surface area (Å²) in [6.45, 7) is 10.3. The number of hydrogen-bond acceptors (Lipinski definition) is 7. The predicted octanol–water partition coefficient (Wildman–Crippen LogP) is 5.03. The molecule has 2 atom stereocenters. The highest BCUT2D eigenvalue weighted by molar-refractivity contribution is 7.92. The summed E-state index contributed by atoms with van der Waals surface area (Å²) in [5.74, 6) is -1.41. The molecule has 1 aliphatic heterocycles. The predicted molar refractivity (Wildman–Crippen MR) is 155 cm³/mol. The molecule has 1 aromatic carbocycles. The zero-order valence-corrected chi connectivity index (χ0v) is 25.2. The third-order valence-corrected chi connectivity index (χ3v) is 7.69. The van der Waals surface area contributed by atoms with Crippen LogP contribution < -0.4 is 9.62 Å². The molecule has 1 saturated heterocycles. The number of aromatic nitrogens is 2. The number of sulfonamides is 1. The molecule has 2 heterocycles. The fraction of sp³-hybridized carbons (Fsp3) is 0.552. The van der Waals surface area contributed by atoms with Gasteiger partial charge >= 0.3 is 0 Å². The van der Waals surface area contributed by atoms with Crippen molar-refractivity contribution in [2.24, 2.45) is 0 Å². The maximum absolute atomic E-state index is 13.8. The van der Waals surface area contributed by atoms with Crippen molar-refractivity contribution in [3.05, 3.63) is 47.4 Å². The van der Waals surface area contributed by atoms with Crippen LogP contribution in [0.4, 0.5) is 10.3 Å². The van der Waals surface area contributed by atoms with Gasteiger partial charge in [-0.1, -0.05) is 39.3 Å². The van der Waals surface area contributed by atoms with Gasteiger partial charge in [0, 0.05) is 31.1 Å². The number of ether oxygens (including phenoxy) is 2. The van der Waals surface area contributed by atoms with Gasteiger partial charge in [-0.05, 0) is 50.5 Å². The van der Waals surface area contributed by atoms with Gasteiger partial charge in [-0.2, -0.15) is 0 Å². The average Bonchev–Trinajstić information content (AvgIpc) is 2.85. The molecule has 11 heteroatoms. The first-order valence-electron chi connectivity index (χ1n) is 13.6.